The van der Waals surface area contributed by atoms with Gasteiger partial charge in [0.1, 0.15) is 11.5 Å². The number of H-pyrrole nitrogens is 1. The normalized spacial score (nSPS) is 22.5. The van der Waals surface area contributed by atoms with E-state index in [1.54, 1.807) is 0 Å². The molecule has 2 aromatic rings. The van der Waals surface area contributed by atoms with Gasteiger partial charge in [-0.05, 0) is 49.8 Å². The number of aromatic amines is 1. The molecular formula is C23H31N5O2. The van der Waals surface area contributed by atoms with Gasteiger partial charge in [0.15, 0.2) is 5.82 Å². The molecular weight excluding hydrogens is 378 g/mol. The van der Waals surface area contributed by atoms with Gasteiger partial charge < -0.3 is 20.4 Å². The van der Waals surface area contributed by atoms with E-state index >= 15 is 0 Å². The van der Waals surface area contributed by atoms with Crippen LogP contribution in [0.1, 0.15) is 68.4 Å². The molecule has 3 aliphatic rings. The Hall–Kier alpha value is -2.54. The number of anilines is 2. The lowest BCUT2D eigenvalue weighted by Crippen LogP contribution is -2.35. The number of hydrogen-bond acceptors (Lipinski definition) is 5. The highest BCUT2D eigenvalue weighted by molar-refractivity contribution is 5.67. The van der Waals surface area contributed by atoms with Gasteiger partial charge in [0.25, 0.3) is 5.56 Å². The first-order chi connectivity index (χ1) is 14.8. The second kappa shape index (κ2) is 8.68. The molecule has 0 bridgehead atoms. The molecule has 5 rings (SSSR count). The highest BCUT2D eigenvalue weighted by atomic mass is 16.5. The second-order valence-corrected chi connectivity index (χ2v) is 8.70. The third-order valence-electron chi connectivity index (χ3n) is 6.67. The summed E-state index contributed by atoms with van der Waals surface area (Å²) in [5.41, 5.74) is 1.93. The molecule has 160 valence electrons. The molecule has 1 aliphatic carbocycles. The molecule has 3 N–H and O–H groups in total. The molecule has 2 aliphatic heterocycles. The Bertz CT molecular complexity index is 937. The second-order valence-electron chi connectivity index (χ2n) is 8.70. The Kier molecular flexibility index (Phi) is 5.62. The van der Waals surface area contributed by atoms with Gasteiger partial charge in [-0.1, -0.05) is 25.3 Å². The summed E-state index contributed by atoms with van der Waals surface area (Å²) in [6.07, 6.45) is 13.9. The number of rotatable bonds is 5. The van der Waals surface area contributed by atoms with Crippen molar-refractivity contribution in [1.82, 2.24) is 14.5 Å². The summed E-state index contributed by atoms with van der Waals surface area (Å²) in [6.45, 7) is 2.39. The van der Waals surface area contributed by atoms with Crippen molar-refractivity contribution >= 4 is 17.7 Å². The van der Waals surface area contributed by atoms with Gasteiger partial charge in [0.05, 0.1) is 6.04 Å². The first-order valence-electron chi connectivity index (χ1n) is 11.4. The fourth-order valence-corrected chi connectivity index (χ4v) is 4.92. The van der Waals surface area contributed by atoms with Crippen molar-refractivity contribution in [3.63, 3.8) is 0 Å². The number of hydrogen-bond donors (Lipinski definition) is 3. The molecule has 7 heteroatoms. The Morgan fingerprint density at radius 2 is 2.00 bits per heavy atom. The first-order valence-corrected chi connectivity index (χ1v) is 11.4. The maximum Gasteiger partial charge on any atom is 0.295 e. The summed E-state index contributed by atoms with van der Waals surface area (Å²) in [7, 11) is 0. The van der Waals surface area contributed by atoms with E-state index in [2.05, 4.69) is 33.8 Å². The molecule has 2 aromatic heterocycles. The van der Waals surface area contributed by atoms with Crippen molar-refractivity contribution in [2.24, 2.45) is 5.92 Å². The highest BCUT2D eigenvalue weighted by Crippen LogP contribution is 2.35. The Morgan fingerprint density at radius 1 is 1.17 bits per heavy atom. The lowest BCUT2D eigenvalue weighted by Gasteiger charge is -2.31. The number of nitrogens with one attached hydrogen (secondary N) is 3. The fourth-order valence-electron chi connectivity index (χ4n) is 4.92. The minimum absolute atomic E-state index is 0.000690. The Balaban J connectivity index is 1.47. The van der Waals surface area contributed by atoms with Gasteiger partial charge in [0, 0.05) is 37.7 Å². The zero-order valence-electron chi connectivity index (χ0n) is 17.4. The van der Waals surface area contributed by atoms with E-state index in [-0.39, 0.29) is 17.6 Å². The van der Waals surface area contributed by atoms with E-state index in [9.17, 15) is 4.79 Å². The van der Waals surface area contributed by atoms with Crippen molar-refractivity contribution in [1.29, 1.82) is 0 Å². The average molecular weight is 410 g/mol. The summed E-state index contributed by atoms with van der Waals surface area (Å²) < 4.78 is 7.45. The fraction of sp³-hybridized carbons (Fsp3) is 0.565. The van der Waals surface area contributed by atoms with Crippen LogP contribution in [-0.4, -0.2) is 34.3 Å². The van der Waals surface area contributed by atoms with Gasteiger partial charge >= 0.3 is 0 Å². The lowest BCUT2D eigenvalue weighted by molar-refractivity contribution is 0.0699. The van der Waals surface area contributed by atoms with E-state index in [1.165, 1.54) is 19.3 Å². The van der Waals surface area contributed by atoms with E-state index in [1.807, 2.05) is 16.8 Å². The number of fused-ring (bicyclic) bond motifs is 1. The van der Waals surface area contributed by atoms with Gasteiger partial charge in [-0.15, -0.1) is 0 Å². The molecule has 0 spiro atoms. The Labute approximate surface area is 176 Å². The zero-order chi connectivity index (χ0) is 20.3. The van der Waals surface area contributed by atoms with Crippen LogP contribution in [0, 0.1) is 5.92 Å². The van der Waals surface area contributed by atoms with Crippen LogP contribution in [0.4, 0.5) is 11.6 Å². The van der Waals surface area contributed by atoms with Crippen LogP contribution < -0.4 is 16.2 Å². The molecule has 0 amide bonds. The average Bonchev–Trinajstić information content (AvgIpc) is 3.34. The summed E-state index contributed by atoms with van der Waals surface area (Å²) in [4.78, 5) is 21.6. The number of nitrogens with zero attached hydrogens (tertiary/aromatic N) is 2. The van der Waals surface area contributed by atoms with Crippen LogP contribution in [-0.2, 0) is 4.74 Å². The minimum Gasteiger partial charge on any atom is -0.381 e. The van der Waals surface area contributed by atoms with Crippen LogP contribution in [0.25, 0.3) is 6.08 Å². The standard InChI is InChI=1S/C23H31N5O2/c29-23-21(25-15-16-10-13-30-14-11-16)26-20-9-8-19(18-7-4-12-24-18)27-22(20)28(23)17-5-2-1-3-6-17/h4,7-9,12,16-17,19,24,27H,1-3,5-6,10-11,13-15H2,(H,25,26). The maximum atomic E-state index is 13.5. The molecule has 4 heterocycles. The van der Waals surface area contributed by atoms with E-state index < -0.39 is 0 Å². The van der Waals surface area contributed by atoms with Crippen LogP contribution in [0.2, 0.25) is 0 Å². The van der Waals surface area contributed by atoms with E-state index in [4.69, 9.17) is 9.72 Å². The van der Waals surface area contributed by atoms with Crippen LogP contribution in [0.5, 0.6) is 0 Å². The monoisotopic (exact) mass is 409 g/mol. The number of ether oxygens (including phenoxy) is 1. The van der Waals surface area contributed by atoms with Gasteiger partial charge in [-0.2, -0.15) is 0 Å². The van der Waals surface area contributed by atoms with Crippen molar-refractivity contribution in [2.75, 3.05) is 30.4 Å². The van der Waals surface area contributed by atoms with E-state index in [0.717, 1.165) is 62.6 Å². The minimum atomic E-state index is 0.000690. The molecule has 2 fully saturated rings. The molecule has 1 saturated carbocycles. The lowest BCUT2D eigenvalue weighted by atomic mass is 9.95. The van der Waals surface area contributed by atoms with Crippen molar-refractivity contribution in [2.45, 2.75) is 57.0 Å². The van der Waals surface area contributed by atoms with Crippen molar-refractivity contribution in [3.8, 4) is 0 Å². The summed E-state index contributed by atoms with van der Waals surface area (Å²) in [5, 5.41) is 6.96. The number of aromatic nitrogens is 3. The zero-order valence-corrected chi connectivity index (χ0v) is 17.4. The largest absolute Gasteiger partial charge is 0.381 e. The van der Waals surface area contributed by atoms with Gasteiger partial charge in [0.2, 0.25) is 0 Å². The molecule has 30 heavy (non-hydrogen) atoms. The van der Waals surface area contributed by atoms with Gasteiger partial charge in [-0.3, -0.25) is 9.36 Å². The quantitative estimate of drug-likeness (QED) is 0.693. The summed E-state index contributed by atoms with van der Waals surface area (Å²) >= 11 is 0. The maximum absolute atomic E-state index is 13.5. The topological polar surface area (TPSA) is 84.0 Å². The van der Waals surface area contributed by atoms with Crippen LogP contribution in [0.15, 0.2) is 29.2 Å². The van der Waals surface area contributed by atoms with Crippen molar-refractivity contribution < 1.29 is 4.74 Å². The first kappa shape index (κ1) is 19.4. The predicted octanol–water partition coefficient (Wildman–Crippen LogP) is 4.10. The molecule has 1 atom stereocenters. The highest BCUT2D eigenvalue weighted by Gasteiger charge is 2.27. The Morgan fingerprint density at radius 3 is 2.77 bits per heavy atom. The molecule has 1 unspecified atom stereocenters. The summed E-state index contributed by atoms with van der Waals surface area (Å²) in [5.74, 6) is 1.87. The summed E-state index contributed by atoms with van der Waals surface area (Å²) in [6, 6.07) is 4.31. The molecule has 0 aromatic carbocycles. The SMILES string of the molecule is O=c1c(NCC2CCOCC2)nc2c(n1C1CCCCC1)NC(c1ccc[nH]1)C=C2. The van der Waals surface area contributed by atoms with Crippen molar-refractivity contribution in [3.05, 3.63) is 46.1 Å². The molecule has 7 nitrogen and oxygen atoms in total. The smallest absolute Gasteiger partial charge is 0.295 e. The van der Waals surface area contributed by atoms with E-state index in [0.29, 0.717) is 11.7 Å². The molecule has 1 saturated heterocycles. The third-order valence-corrected chi connectivity index (χ3v) is 6.67. The molecule has 0 radical (unpaired) electrons. The van der Waals surface area contributed by atoms with Crippen LogP contribution in [0.3, 0.4) is 0 Å². The third kappa shape index (κ3) is 3.90. The van der Waals surface area contributed by atoms with Crippen LogP contribution >= 0.6 is 0 Å². The predicted molar refractivity (Wildman–Crippen MR) is 119 cm³/mol. The van der Waals surface area contributed by atoms with Gasteiger partial charge in [-0.25, -0.2) is 4.98 Å².